The van der Waals surface area contributed by atoms with Crippen LogP contribution in [0.5, 0.6) is 0 Å². The SMILES string of the molecule is CN(c1ncnc2[nH]ccc12)C1CC2CN(S(=O)(=O)CC(F)(F)F)CC2C1. The number of halogens is 3. The van der Waals surface area contributed by atoms with E-state index in [0.717, 1.165) is 34.0 Å². The molecule has 2 aromatic rings. The van der Waals surface area contributed by atoms with Crippen LogP contribution in [-0.4, -0.2) is 65.8 Å². The molecule has 148 valence electrons. The molecule has 1 saturated carbocycles. The first-order chi connectivity index (χ1) is 12.6. The molecule has 1 saturated heterocycles. The molecule has 7 nitrogen and oxygen atoms in total. The van der Waals surface area contributed by atoms with E-state index >= 15 is 0 Å². The molecule has 2 unspecified atom stereocenters. The van der Waals surface area contributed by atoms with Crippen molar-refractivity contribution in [3.63, 3.8) is 0 Å². The molecule has 1 N–H and O–H groups in total. The number of hydrogen-bond donors (Lipinski definition) is 1. The Bertz CT molecular complexity index is 931. The number of nitrogens with zero attached hydrogens (tertiary/aromatic N) is 4. The fourth-order valence-corrected chi connectivity index (χ4v) is 5.81. The maximum absolute atomic E-state index is 12.5. The maximum atomic E-state index is 12.5. The number of sulfonamides is 1. The zero-order valence-electron chi connectivity index (χ0n) is 14.6. The molecule has 0 amide bonds. The fourth-order valence-electron chi connectivity index (χ4n) is 4.38. The van der Waals surface area contributed by atoms with Crippen LogP contribution >= 0.6 is 0 Å². The Labute approximate surface area is 154 Å². The Balaban J connectivity index is 1.45. The summed E-state index contributed by atoms with van der Waals surface area (Å²) in [6.45, 7) is 0.327. The van der Waals surface area contributed by atoms with Gasteiger partial charge in [-0.15, -0.1) is 0 Å². The van der Waals surface area contributed by atoms with Gasteiger partial charge in [0.25, 0.3) is 0 Å². The second-order valence-corrected chi connectivity index (χ2v) is 9.35. The second-order valence-electron chi connectivity index (χ2n) is 7.38. The zero-order valence-corrected chi connectivity index (χ0v) is 15.5. The van der Waals surface area contributed by atoms with Crippen molar-refractivity contribution in [3.05, 3.63) is 18.6 Å². The van der Waals surface area contributed by atoms with Crippen molar-refractivity contribution in [3.8, 4) is 0 Å². The van der Waals surface area contributed by atoms with Crippen LogP contribution in [0.25, 0.3) is 11.0 Å². The molecule has 2 aliphatic rings. The lowest BCUT2D eigenvalue weighted by Gasteiger charge is -2.27. The quantitative estimate of drug-likeness (QED) is 0.844. The van der Waals surface area contributed by atoms with Gasteiger partial charge in [-0.2, -0.15) is 13.2 Å². The summed E-state index contributed by atoms with van der Waals surface area (Å²) in [4.78, 5) is 13.7. The van der Waals surface area contributed by atoms with Gasteiger partial charge in [0, 0.05) is 32.4 Å². The zero-order chi connectivity index (χ0) is 19.4. The van der Waals surface area contributed by atoms with Crippen molar-refractivity contribution < 1.29 is 21.6 Å². The van der Waals surface area contributed by atoms with Crippen LogP contribution in [0.15, 0.2) is 18.6 Å². The minimum atomic E-state index is -4.71. The minimum absolute atomic E-state index is 0.0732. The first kappa shape index (κ1) is 18.5. The lowest BCUT2D eigenvalue weighted by molar-refractivity contribution is -0.107. The highest BCUT2D eigenvalue weighted by Gasteiger charge is 2.48. The van der Waals surface area contributed by atoms with Crippen LogP contribution in [0, 0.1) is 11.8 Å². The second kappa shape index (κ2) is 6.33. The van der Waals surface area contributed by atoms with Crippen molar-refractivity contribution >= 4 is 26.9 Å². The Kier molecular flexibility index (Phi) is 4.34. The largest absolute Gasteiger partial charge is 0.404 e. The van der Waals surface area contributed by atoms with Crippen LogP contribution in [0.3, 0.4) is 0 Å². The van der Waals surface area contributed by atoms with Gasteiger partial charge in [-0.1, -0.05) is 0 Å². The number of rotatable bonds is 4. The first-order valence-electron chi connectivity index (χ1n) is 8.69. The average molecular weight is 403 g/mol. The van der Waals surface area contributed by atoms with Crippen LogP contribution in [0.4, 0.5) is 19.0 Å². The smallest absolute Gasteiger partial charge is 0.356 e. The molecular weight excluding hydrogens is 383 g/mol. The number of aromatic amines is 1. The highest BCUT2D eigenvalue weighted by Crippen LogP contribution is 2.42. The van der Waals surface area contributed by atoms with Gasteiger partial charge >= 0.3 is 6.18 Å². The summed E-state index contributed by atoms with van der Waals surface area (Å²) in [5.41, 5.74) is 0.745. The predicted octanol–water partition coefficient (Wildman–Crippen LogP) is 2.00. The summed E-state index contributed by atoms with van der Waals surface area (Å²) in [5.74, 6) is -0.837. The van der Waals surface area contributed by atoms with E-state index in [-0.39, 0.29) is 31.0 Å². The third kappa shape index (κ3) is 3.49. The molecule has 0 radical (unpaired) electrons. The van der Waals surface area contributed by atoms with Crippen LogP contribution < -0.4 is 4.90 Å². The van der Waals surface area contributed by atoms with Gasteiger partial charge in [0.2, 0.25) is 10.0 Å². The van der Waals surface area contributed by atoms with Gasteiger partial charge in [-0.3, -0.25) is 0 Å². The summed E-state index contributed by atoms with van der Waals surface area (Å²) in [7, 11) is -2.36. The van der Waals surface area contributed by atoms with Gasteiger partial charge < -0.3 is 9.88 Å². The van der Waals surface area contributed by atoms with E-state index in [1.54, 1.807) is 6.20 Å². The Hall–Kier alpha value is -1.88. The van der Waals surface area contributed by atoms with Crippen LogP contribution in [-0.2, 0) is 10.0 Å². The molecule has 0 aromatic carbocycles. The van der Waals surface area contributed by atoms with E-state index in [9.17, 15) is 21.6 Å². The van der Waals surface area contributed by atoms with Gasteiger partial charge in [0.1, 0.15) is 17.8 Å². The number of fused-ring (bicyclic) bond motifs is 2. The van der Waals surface area contributed by atoms with E-state index in [4.69, 9.17) is 0 Å². The number of nitrogens with one attached hydrogen (secondary N) is 1. The van der Waals surface area contributed by atoms with Crippen molar-refractivity contribution in [2.24, 2.45) is 11.8 Å². The average Bonchev–Trinajstić information content (AvgIpc) is 3.25. The number of alkyl halides is 3. The number of hydrogen-bond acceptors (Lipinski definition) is 5. The molecule has 2 aromatic heterocycles. The summed E-state index contributed by atoms with van der Waals surface area (Å²) in [5, 5.41) is 0.909. The standard InChI is InChI=1S/C16H20F3N5O2S/c1-23(15-13-2-3-20-14(13)21-9-22-15)12-4-10-6-24(7-11(10)5-12)27(25,26)8-16(17,18)19/h2-3,9-12H,4-8H2,1H3,(H,20,21,22). The molecule has 11 heteroatoms. The van der Waals surface area contributed by atoms with E-state index in [0.29, 0.717) is 0 Å². The van der Waals surface area contributed by atoms with Crippen molar-refractivity contribution in [1.29, 1.82) is 0 Å². The Morgan fingerprint density at radius 1 is 1.26 bits per heavy atom. The Morgan fingerprint density at radius 3 is 2.56 bits per heavy atom. The predicted molar refractivity (Wildman–Crippen MR) is 93.7 cm³/mol. The highest BCUT2D eigenvalue weighted by atomic mass is 32.2. The molecule has 1 aliphatic carbocycles. The van der Waals surface area contributed by atoms with Crippen molar-refractivity contribution in [2.75, 3.05) is 30.8 Å². The molecule has 0 spiro atoms. The third-order valence-corrected chi connectivity index (χ3v) is 7.42. The van der Waals surface area contributed by atoms with E-state index in [1.807, 2.05) is 13.1 Å². The van der Waals surface area contributed by atoms with E-state index < -0.39 is 22.0 Å². The lowest BCUT2D eigenvalue weighted by atomic mass is 10.0. The number of anilines is 1. The molecule has 2 atom stereocenters. The summed E-state index contributed by atoms with van der Waals surface area (Å²) in [6, 6.07) is 2.07. The highest BCUT2D eigenvalue weighted by molar-refractivity contribution is 7.89. The van der Waals surface area contributed by atoms with Crippen LogP contribution in [0.1, 0.15) is 12.8 Å². The molecule has 3 heterocycles. The summed E-state index contributed by atoms with van der Waals surface area (Å²) < 4.78 is 62.6. The molecule has 4 rings (SSSR count). The maximum Gasteiger partial charge on any atom is 0.404 e. The van der Waals surface area contributed by atoms with Crippen molar-refractivity contribution in [1.82, 2.24) is 19.3 Å². The number of H-pyrrole nitrogens is 1. The van der Waals surface area contributed by atoms with Gasteiger partial charge in [-0.05, 0) is 30.7 Å². The monoisotopic (exact) mass is 403 g/mol. The molecule has 2 fully saturated rings. The summed E-state index contributed by atoms with van der Waals surface area (Å²) in [6.07, 6.45) is 0.0355. The molecule has 27 heavy (non-hydrogen) atoms. The molecule has 1 aliphatic heterocycles. The first-order valence-corrected chi connectivity index (χ1v) is 10.3. The van der Waals surface area contributed by atoms with Gasteiger partial charge in [0.15, 0.2) is 5.75 Å². The normalized spacial score (nSPS) is 26.6. The Morgan fingerprint density at radius 2 is 1.93 bits per heavy atom. The lowest BCUT2D eigenvalue weighted by Crippen LogP contribution is -2.38. The minimum Gasteiger partial charge on any atom is -0.356 e. The van der Waals surface area contributed by atoms with E-state index in [1.165, 1.54) is 6.33 Å². The third-order valence-electron chi connectivity index (χ3n) is 5.65. The molecular formula is C16H20F3N5O2S. The topological polar surface area (TPSA) is 82.2 Å². The van der Waals surface area contributed by atoms with Crippen LogP contribution in [0.2, 0.25) is 0 Å². The van der Waals surface area contributed by atoms with Gasteiger partial charge in [0.05, 0.1) is 5.39 Å². The van der Waals surface area contributed by atoms with E-state index in [2.05, 4.69) is 19.9 Å². The van der Waals surface area contributed by atoms with Gasteiger partial charge in [-0.25, -0.2) is 22.7 Å². The fraction of sp³-hybridized carbons (Fsp3) is 0.625. The number of aromatic nitrogens is 3. The molecule has 0 bridgehead atoms. The summed E-state index contributed by atoms with van der Waals surface area (Å²) >= 11 is 0. The van der Waals surface area contributed by atoms with Crippen molar-refractivity contribution in [2.45, 2.75) is 25.1 Å².